The standard InChI is InChI=1S/C12H16BNO4/c1-18-12(15)9-4-5-10(13(16)17)11(8-9)14-6-2-3-7-14/h4-5,8,16-17H,2-3,6-7H2,1H3. The van der Waals surface area contributed by atoms with Crippen LogP contribution in [0.5, 0.6) is 0 Å². The second-order valence-electron chi connectivity index (χ2n) is 4.33. The van der Waals surface area contributed by atoms with Gasteiger partial charge in [0, 0.05) is 24.2 Å². The maximum atomic E-state index is 11.5. The van der Waals surface area contributed by atoms with E-state index in [0.717, 1.165) is 25.9 Å². The molecule has 0 radical (unpaired) electrons. The molecular formula is C12H16BNO4. The lowest BCUT2D eigenvalue weighted by Crippen LogP contribution is -2.36. The van der Waals surface area contributed by atoms with Gasteiger partial charge in [0.05, 0.1) is 12.7 Å². The lowest BCUT2D eigenvalue weighted by atomic mass is 9.78. The maximum Gasteiger partial charge on any atom is 0.490 e. The van der Waals surface area contributed by atoms with Crippen molar-refractivity contribution in [3.8, 4) is 0 Å². The Hall–Kier alpha value is -1.53. The Labute approximate surface area is 106 Å². The van der Waals surface area contributed by atoms with Crippen molar-refractivity contribution < 1.29 is 19.6 Å². The zero-order valence-electron chi connectivity index (χ0n) is 10.3. The van der Waals surface area contributed by atoms with Crippen LogP contribution in [-0.4, -0.2) is 43.3 Å². The Balaban J connectivity index is 2.40. The van der Waals surface area contributed by atoms with Gasteiger partial charge in [0.15, 0.2) is 0 Å². The lowest BCUT2D eigenvalue weighted by Gasteiger charge is -2.22. The van der Waals surface area contributed by atoms with E-state index in [2.05, 4.69) is 9.64 Å². The summed E-state index contributed by atoms with van der Waals surface area (Å²) in [6.07, 6.45) is 2.15. The average molecular weight is 249 g/mol. The van der Waals surface area contributed by atoms with Gasteiger partial charge >= 0.3 is 13.1 Å². The van der Waals surface area contributed by atoms with E-state index in [0.29, 0.717) is 16.7 Å². The first kappa shape index (κ1) is 12.9. The second-order valence-corrected chi connectivity index (χ2v) is 4.33. The van der Waals surface area contributed by atoms with Gasteiger partial charge in [-0.05, 0) is 25.0 Å². The first-order valence-corrected chi connectivity index (χ1v) is 5.97. The van der Waals surface area contributed by atoms with E-state index in [1.807, 2.05) is 0 Å². The van der Waals surface area contributed by atoms with Gasteiger partial charge in [-0.15, -0.1) is 0 Å². The predicted octanol–water partition coefficient (Wildman–Crippen LogP) is -0.247. The molecule has 0 spiro atoms. The van der Waals surface area contributed by atoms with Gasteiger partial charge in [-0.25, -0.2) is 4.79 Å². The van der Waals surface area contributed by atoms with Crippen molar-refractivity contribution in [1.82, 2.24) is 0 Å². The van der Waals surface area contributed by atoms with Gasteiger partial charge in [0.1, 0.15) is 0 Å². The third-order valence-electron chi connectivity index (χ3n) is 3.18. The highest BCUT2D eigenvalue weighted by Crippen LogP contribution is 2.20. The number of hydrogen-bond donors (Lipinski definition) is 2. The molecule has 0 saturated carbocycles. The van der Waals surface area contributed by atoms with Crippen LogP contribution < -0.4 is 10.4 Å². The molecule has 1 heterocycles. The molecule has 0 aromatic heterocycles. The van der Waals surface area contributed by atoms with E-state index < -0.39 is 13.1 Å². The molecule has 1 aromatic carbocycles. The number of carbonyl (C=O) groups excluding carboxylic acids is 1. The number of nitrogens with zero attached hydrogens (tertiary/aromatic N) is 1. The Morgan fingerprint density at radius 1 is 1.33 bits per heavy atom. The van der Waals surface area contributed by atoms with Crippen molar-refractivity contribution in [1.29, 1.82) is 0 Å². The monoisotopic (exact) mass is 249 g/mol. The summed E-state index contributed by atoms with van der Waals surface area (Å²) in [5.41, 5.74) is 1.54. The summed E-state index contributed by atoms with van der Waals surface area (Å²) < 4.78 is 4.67. The van der Waals surface area contributed by atoms with Gasteiger partial charge in [0.2, 0.25) is 0 Å². The Kier molecular flexibility index (Phi) is 3.89. The number of carbonyl (C=O) groups is 1. The topological polar surface area (TPSA) is 70.0 Å². The number of esters is 1. The molecule has 1 fully saturated rings. The van der Waals surface area contributed by atoms with E-state index in [1.54, 1.807) is 18.2 Å². The molecule has 0 unspecified atom stereocenters. The van der Waals surface area contributed by atoms with Crippen molar-refractivity contribution in [2.75, 3.05) is 25.1 Å². The van der Waals surface area contributed by atoms with Gasteiger partial charge in [-0.2, -0.15) is 0 Å². The van der Waals surface area contributed by atoms with E-state index in [-0.39, 0.29) is 0 Å². The SMILES string of the molecule is COC(=O)c1ccc(B(O)O)c(N2CCCC2)c1. The minimum absolute atomic E-state index is 0.420. The van der Waals surface area contributed by atoms with Crippen molar-refractivity contribution in [3.05, 3.63) is 23.8 Å². The molecule has 0 amide bonds. The smallest absolute Gasteiger partial charge is 0.465 e. The number of anilines is 1. The minimum Gasteiger partial charge on any atom is -0.465 e. The van der Waals surface area contributed by atoms with Crippen molar-refractivity contribution in [3.63, 3.8) is 0 Å². The summed E-state index contributed by atoms with van der Waals surface area (Å²) in [7, 11) is -0.209. The van der Waals surface area contributed by atoms with Crippen molar-refractivity contribution in [2.45, 2.75) is 12.8 Å². The fourth-order valence-electron chi connectivity index (χ4n) is 2.24. The van der Waals surface area contributed by atoms with Crippen LogP contribution >= 0.6 is 0 Å². The number of methoxy groups -OCH3 is 1. The van der Waals surface area contributed by atoms with Gasteiger partial charge < -0.3 is 19.7 Å². The first-order chi connectivity index (χ1) is 8.63. The third-order valence-corrected chi connectivity index (χ3v) is 3.18. The summed E-state index contributed by atoms with van der Waals surface area (Å²) in [5, 5.41) is 18.7. The molecule has 1 saturated heterocycles. The molecule has 1 aromatic rings. The summed E-state index contributed by atoms with van der Waals surface area (Å²) in [6.45, 7) is 1.73. The minimum atomic E-state index is -1.53. The fraction of sp³-hybridized carbons (Fsp3) is 0.417. The van der Waals surface area contributed by atoms with Crippen LogP contribution in [0.2, 0.25) is 0 Å². The van der Waals surface area contributed by atoms with Crippen LogP contribution in [0.3, 0.4) is 0 Å². The van der Waals surface area contributed by atoms with Crippen LogP contribution in [0, 0.1) is 0 Å². The molecule has 2 N–H and O–H groups in total. The molecule has 18 heavy (non-hydrogen) atoms. The van der Waals surface area contributed by atoms with Crippen LogP contribution in [0.1, 0.15) is 23.2 Å². The highest BCUT2D eigenvalue weighted by Gasteiger charge is 2.23. The molecule has 2 rings (SSSR count). The first-order valence-electron chi connectivity index (χ1n) is 5.97. The second kappa shape index (κ2) is 5.41. The molecule has 0 aliphatic carbocycles. The molecule has 1 aliphatic rings. The molecular weight excluding hydrogens is 233 g/mol. The normalized spacial score (nSPS) is 14.7. The van der Waals surface area contributed by atoms with E-state index in [4.69, 9.17) is 0 Å². The Morgan fingerprint density at radius 3 is 2.56 bits per heavy atom. The zero-order chi connectivity index (χ0) is 13.1. The lowest BCUT2D eigenvalue weighted by molar-refractivity contribution is 0.0601. The molecule has 0 bridgehead atoms. The van der Waals surface area contributed by atoms with Crippen LogP contribution in [0.25, 0.3) is 0 Å². The Bertz CT molecular complexity index is 444. The largest absolute Gasteiger partial charge is 0.490 e. The van der Waals surface area contributed by atoms with Gasteiger partial charge in [0.25, 0.3) is 0 Å². The number of rotatable bonds is 3. The van der Waals surface area contributed by atoms with Crippen LogP contribution in [-0.2, 0) is 4.74 Å². The zero-order valence-corrected chi connectivity index (χ0v) is 10.3. The molecule has 1 aliphatic heterocycles. The van der Waals surface area contributed by atoms with Crippen molar-refractivity contribution >= 4 is 24.2 Å². The highest BCUT2D eigenvalue weighted by molar-refractivity contribution is 6.60. The Morgan fingerprint density at radius 2 is 2.00 bits per heavy atom. The maximum absolute atomic E-state index is 11.5. The summed E-state index contributed by atoms with van der Waals surface area (Å²) >= 11 is 0. The average Bonchev–Trinajstić information content (AvgIpc) is 2.90. The molecule has 5 nitrogen and oxygen atoms in total. The van der Waals surface area contributed by atoms with Crippen LogP contribution in [0.15, 0.2) is 18.2 Å². The highest BCUT2D eigenvalue weighted by atomic mass is 16.5. The van der Waals surface area contributed by atoms with Gasteiger partial charge in [-0.3, -0.25) is 0 Å². The predicted molar refractivity (Wildman–Crippen MR) is 69.1 cm³/mol. The summed E-state index contributed by atoms with van der Waals surface area (Å²) in [4.78, 5) is 13.6. The summed E-state index contributed by atoms with van der Waals surface area (Å²) in [5.74, 6) is -0.422. The summed E-state index contributed by atoms with van der Waals surface area (Å²) in [6, 6.07) is 4.76. The van der Waals surface area contributed by atoms with Crippen LogP contribution in [0.4, 0.5) is 5.69 Å². The van der Waals surface area contributed by atoms with E-state index in [1.165, 1.54) is 7.11 Å². The van der Waals surface area contributed by atoms with E-state index >= 15 is 0 Å². The molecule has 0 atom stereocenters. The van der Waals surface area contributed by atoms with Crippen molar-refractivity contribution in [2.24, 2.45) is 0 Å². The quantitative estimate of drug-likeness (QED) is 0.571. The number of hydrogen-bond acceptors (Lipinski definition) is 5. The van der Waals surface area contributed by atoms with Gasteiger partial charge in [-0.1, -0.05) is 6.07 Å². The third kappa shape index (κ3) is 2.49. The fourth-order valence-corrected chi connectivity index (χ4v) is 2.24. The number of ether oxygens (including phenoxy) is 1. The van der Waals surface area contributed by atoms with E-state index in [9.17, 15) is 14.8 Å². The molecule has 6 heteroatoms. The number of benzene rings is 1. The molecule has 96 valence electrons.